The van der Waals surface area contributed by atoms with Crippen LogP contribution in [0.3, 0.4) is 0 Å². The van der Waals surface area contributed by atoms with Gasteiger partial charge in [-0.15, -0.1) is 0 Å². The molecule has 2 nitrogen and oxygen atoms in total. The van der Waals surface area contributed by atoms with Gasteiger partial charge < -0.3 is 0 Å². The van der Waals surface area contributed by atoms with Crippen LogP contribution < -0.4 is 8.32 Å². The molecule has 0 radical (unpaired) electrons. The fourth-order valence-electron chi connectivity index (χ4n) is 0. The molecule has 0 saturated carbocycles. The van der Waals surface area contributed by atoms with Crippen LogP contribution in [0.1, 0.15) is 0 Å². The Morgan fingerprint density at radius 3 is 1.00 bits per heavy atom. The summed E-state index contributed by atoms with van der Waals surface area (Å²) in [5, 5.41) is 0. The number of hydrogen-bond acceptors (Lipinski definition) is 4. The van der Waals surface area contributed by atoms with Crippen LogP contribution in [0.25, 0.3) is 0 Å². The van der Waals surface area contributed by atoms with Crippen LogP contribution in [-0.2, 0) is 0 Å². The number of rotatable bonds is 0. The first-order chi connectivity index (χ1) is 2.83. The topological polar surface area (TPSA) is 46.1 Å². The van der Waals surface area contributed by atoms with Crippen molar-refractivity contribution in [3.63, 3.8) is 0 Å². The minimum atomic E-state index is -0.917. The summed E-state index contributed by atoms with van der Waals surface area (Å²) in [6.07, 6.45) is 0. The van der Waals surface area contributed by atoms with Gasteiger partial charge in [0.1, 0.15) is 0 Å². The Labute approximate surface area is 104 Å². The van der Waals surface area contributed by atoms with E-state index in [1.54, 1.807) is 0 Å². The van der Waals surface area contributed by atoms with Gasteiger partial charge in [-0.05, 0) is 0 Å². The molecule has 0 amide bonds. The molecule has 0 bridgehead atoms. The third-order valence-electron chi connectivity index (χ3n) is 0. The molecule has 0 spiro atoms. The van der Waals surface area contributed by atoms with Crippen molar-refractivity contribution in [2.75, 3.05) is 0 Å². The van der Waals surface area contributed by atoms with Crippen LogP contribution in [-0.4, -0.2) is 76.7 Å². The molecule has 0 aliphatic carbocycles. The van der Waals surface area contributed by atoms with Crippen molar-refractivity contribution in [3.05, 3.63) is 0 Å². The van der Waals surface area contributed by atoms with Gasteiger partial charge in [0.05, 0.1) is 0 Å². The second kappa shape index (κ2) is 23.4. The fraction of sp³-hybridized carbons (Fsp3) is 0. The summed E-state index contributed by atoms with van der Waals surface area (Å²) >= 11 is -1.83. The van der Waals surface area contributed by atoms with Crippen LogP contribution in [0, 0.1) is 0 Å². The van der Waals surface area contributed by atoms with E-state index >= 15 is 0 Å². The van der Waals surface area contributed by atoms with Gasteiger partial charge in [0, 0.05) is 0 Å². The van der Waals surface area contributed by atoms with Gasteiger partial charge in [-0.1, -0.05) is 0 Å². The number of hydrogen-bond donors (Lipinski definition) is 0. The van der Waals surface area contributed by atoms with Crippen LogP contribution in [0.2, 0.25) is 0 Å². The average Bonchev–Trinajstić information content (AvgIpc) is 1.39. The van der Waals surface area contributed by atoms with Crippen molar-refractivity contribution in [2.45, 2.75) is 0 Å². The zero-order valence-corrected chi connectivity index (χ0v) is 11.9. The van der Waals surface area contributed by atoms with Crippen molar-refractivity contribution >= 4 is 97.7 Å². The van der Waals surface area contributed by atoms with Crippen molar-refractivity contribution < 1.29 is 8.32 Å². The Morgan fingerprint density at radius 2 is 1.00 bits per heavy atom. The summed E-state index contributed by atoms with van der Waals surface area (Å²) < 4.78 is 17.7. The summed E-state index contributed by atoms with van der Waals surface area (Å²) in [6.45, 7) is 0. The summed E-state index contributed by atoms with van der Waals surface area (Å²) in [7, 11) is 7.84. The van der Waals surface area contributed by atoms with Gasteiger partial charge in [-0.2, -0.15) is 0 Å². The average molecular weight is 287 g/mol. The van der Waals surface area contributed by atoms with Gasteiger partial charge in [-0.3, -0.25) is 0 Å². The van der Waals surface area contributed by atoms with Crippen LogP contribution in [0.4, 0.5) is 0 Å². The first-order valence-electron chi connectivity index (χ1n) is 0.943. The Balaban J connectivity index is -0.0000000400. The van der Waals surface area contributed by atoms with E-state index in [0.29, 0.717) is 0 Å². The molecule has 0 heterocycles. The van der Waals surface area contributed by atoms with Gasteiger partial charge in [0.25, 0.3) is 0 Å². The van der Waals surface area contributed by atoms with Gasteiger partial charge in [0.2, 0.25) is 0 Å². The molecular weight excluding hydrogens is 287 g/mol. The molecule has 0 aliphatic heterocycles. The molecule has 0 aromatic rings. The molecule has 0 aromatic carbocycles. The zero-order valence-electron chi connectivity index (χ0n) is 3.49. The normalized spacial score (nSPS) is 2.29. The van der Waals surface area contributed by atoms with E-state index in [2.05, 4.69) is 21.0 Å². The van der Waals surface area contributed by atoms with E-state index in [1.807, 2.05) is 0 Å². The Hall–Kier alpha value is 2.68. The van der Waals surface area contributed by atoms with Crippen molar-refractivity contribution in [1.82, 2.24) is 0 Å². The maximum absolute atomic E-state index is 8.83. The second-order valence-electron chi connectivity index (χ2n) is 0.192. The summed E-state index contributed by atoms with van der Waals surface area (Å²) in [5.74, 6) is 0. The van der Waals surface area contributed by atoms with E-state index in [1.165, 1.54) is 0 Å². The monoisotopic (exact) mass is 288 g/mol. The molecule has 0 aliphatic rings. The zero-order chi connectivity index (χ0) is 5.41. The van der Waals surface area contributed by atoms with E-state index in [0.717, 1.165) is 0 Å². The van der Waals surface area contributed by atoms with E-state index < -0.39 is 27.8 Å². The summed E-state index contributed by atoms with van der Waals surface area (Å²) in [5.41, 5.74) is 0. The van der Waals surface area contributed by atoms with Crippen LogP contribution >= 0.6 is 21.0 Å². The Morgan fingerprint density at radius 1 is 1.00 bits per heavy atom. The molecule has 0 rings (SSSR count). The van der Waals surface area contributed by atoms with Crippen molar-refractivity contribution in [1.29, 1.82) is 0 Å². The molecule has 0 saturated heterocycles. The summed E-state index contributed by atoms with van der Waals surface area (Å²) in [6, 6.07) is 0. The van der Waals surface area contributed by atoms with Crippen molar-refractivity contribution in [2.24, 2.45) is 0 Å². The molecule has 0 fully saturated rings. The first-order valence-corrected chi connectivity index (χ1v) is 5.66. The van der Waals surface area contributed by atoms with Crippen molar-refractivity contribution in [3.8, 4) is 0 Å². The van der Waals surface area contributed by atoms with E-state index in [4.69, 9.17) is 8.32 Å². The molecule has 0 unspecified atom stereocenters. The standard InChI is InChI=1S/2Al.Ba.2O.2S/q;;+2;2*-1;;. The van der Waals surface area contributed by atoms with Crippen LogP contribution in [0.5, 0.6) is 0 Å². The minimum absolute atomic E-state index is 0. The second-order valence-corrected chi connectivity index (χ2v) is 1.73. The third kappa shape index (κ3) is 54.0. The van der Waals surface area contributed by atoms with Gasteiger partial charge in [-0.25, -0.2) is 0 Å². The van der Waals surface area contributed by atoms with E-state index in [9.17, 15) is 0 Å². The molecular formula is Al2BaO2S2. The van der Waals surface area contributed by atoms with E-state index in [-0.39, 0.29) is 48.9 Å². The fourth-order valence-corrected chi connectivity index (χ4v) is 0. The summed E-state index contributed by atoms with van der Waals surface area (Å²) in [4.78, 5) is 0. The Bertz CT molecular complexity index is 34.7. The predicted molar refractivity (Wildman–Crippen MR) is 32.4 cm³/mol. The van der Waals surface area contributed by atoms with Crippen LogP contribution in [0.15, 0.2) is 0 Å². The predicted octanol–water partition coefficient (Wildman–Crippen LogP) is -2.22. The van der Waals surface area contributed by atoms with Gasteiger partial charge in [0.15, 0.2) is 0 Å². The Kier molecular flexibility index (Phi) is 54.6. The molecule has 0 atom stereocenters. The molecule has 7 heavy (non-hydrogen) atoms. The quantitative estimate of drug-likeness (QED) is 0.473. The SMILES string of the molecule is [Ba+2].[O-][Al]=[S].[O-][Al]=[S]. The first kappa shape index (κ1) is 16.3. The molecule has 0 N–H and O–H groups in total. The molecule has 7 heteroatoms. The van der Waals surface area contributed by atoms with Gasteiger partial charge >= 0.3 is 106 Å². The third-order valence-corrected chi connectivity index (χ3v) is 0. The molecule has 0 aromatic heterocycles. The molecule has 32 valence electrons. The maximum atomic E-state index is 8.83.